The molecule has 0 atom stereocenters. The van der Waals surface area contributed by atoms with Gasteiger partial charge in [0.1, 0.15) is 0 Å². The van der Waals surface area contributed by atoms with E-state index in [9.17, 15) is 0 Å². The summed E-state index contributed by atoms with van der Waals surface area (Å²) >= 11 is 0. The maximum Gasteiger partial charge on any atom is 0.254 e. The molecule has 0 saturated carbocycles. The highest BCUT2D eigenvalue weighted by atomic mass is 32.2. The Morgan fingerprint density at radius 2 is 1.25 bits per heavy atom. The van der Waals surface area contributed by atoms with Gasteiger partial charge in [0.2, 0.25) is 0 Å². The SMILES string of the molecule is C=CCc1ccc(CC=C)cc1.O=[SH](=O)O. The standard InChI is InChI=1S/C12H14.H2O3S/c1-3-5-11-7-9-12(6-4-2)10-8-11;1-4(2)3/h3-4,7-10H,1-2,5-6H2;4H,(H,1,2,3). The molecular formula is C12H16O3S. The van der Waals surface area contributed by atoms with Crippen LogP contribution in [-0.4, -0.2) is 13.0 Å². The number of allylic oxidation sites excluding steroid dienone is 2. The number of rotatable bonds is 4. The summed E-state index contributed by atoms with van der Waals surface area (Å²) in [6.07, 6.45) is 5.74. The van der Waals surface area contributed by atoms with Crippen LogP contribution in [0.3, 0.4) is 0 Å². The predicted octanol–water partition coefficient (Wildman–Crippen LogP) is 2.21. The zero-order valence-electron chi connectivity index (χ0n) is 9.00. The molecule has 0 aliphatic heterocycles. The van der Waals surface area contributed by atoms with Gasteiger partial charge in [0.15, 0.2) is 0 Å². The molecule has 0 aliphatic rings. The lowest BCUT2D eigenvalue weighted by Crippen LogP contribution is -1.83. The second-order valence-electron chi connectivity index (χ2n) is 3.04. The minimum atomic E-state index is -3.12. The molecular weight excluding hydrogens is 224 g/mol. The fourth-order valence-electron chi connectivity index (χ4n) is 1.14. The molecule has 0 unspecified atom stereocenters. The van der Waals surface area contributed by atoms with Gasteiger partial charge in [0.05, 0.1) is 0 Å². The van der Waals surface area contributed by atoms with Crippen LogP contribution in [0.2, 0.25) is 0 Å². The smallest absolute Gasteiger partial charge is 0.254 e. The number of hydrogen-bond donors (Lipinski definition) is 2. The molecule has 1 N–H and O–H groups in total. The van der Waals surface area contributed by atoms with E-state index in [1.807, 2.05) is 12.2 Å². The highest BCUT2D eigenvalue weighted by molar-refractivity contribution is 7.66. The largest absolute Gasteiger partial charge is 0.288 e. The first-order chi connectivity index (χ1) is 7.60. The number of thiol groups is 1. The summed E-state index contributed by atoms with van der Waals surface area (Å²) in [4.78, 5) is 0. The highest BCUT2D eigenvalue weighted by Gasteiger charge is 1.90. The van der Waals surface area contributed by atoms with Crippen molar-refractivity contribution in [2.75, 3.05) is 0 Å². The highest BCUT2D eigenvalue weighted by Crippen LogP contribution is 2.06. The van der Waals surface area contributed by atoms with Crippen molar-refractivity contribution >= 4 is 11.0 Å². The summed E-state index contributed by atoms with van der Waals surface area (Å²) in [5, 5.41) is 0. The second kappa shape index (κ2) is 8.88. The molecule has 0 radical (unpaired) electrons. The van der Waals surface area contributed by atoms with Gasteiger partial charge in [0, 0.05) is 0 Å². The zero-order chi connectivity index (χ0) is 12.4. The molecule has 1 aromatic carbocycles. The molecule has 88 valence electrons. The Morgan fingerprint density at radius 1 is 1.00 bits per heavy atom. The summed E-state index contributed by atoms with van der Waals surface area (Å²) < 4.78 is 24.2. The van der Waals surface area contributed by atoms with Gasteiger partial charge in [-0.15, -0.1) is 13.2 Å². The predicted molar refractivity (Wildman–Crippen MR) is 67.2 cm³/mol. The molecule has 16 heavy (non-hydrogen) atoms. The first-order valence-corrected chi connectivity index (χ1v) is 5.86. The van der Waals surface area contributed by atoms with E-state index in [1.54, 1.807) is 0 Å². The van der Waals surface area contributed by atoms with Gasteiger partial charge in [-0.2, -0.15) is 0 Å². The van der Waals surface area contributed by atoms with E-state index in [0.717, 1.165) is 12.8 Å². The molecule has 0 fully saturated rings. The molecule has 3 nitrogen and oxygen atoms in total. The van der Waals surface area contributed by atoms with E-state index < -0.39 is 11.0 Å². The van der Waals surface area contributed by atoms with Crippen molar-refractivity contribution in [3.63, 3.8) is 0 Å². The van der Waals surface area contributed by atoms with E-state index in [-0.39, 0.29) is 0 Å². The van der Waals surface area contributed by atoms with E-state index in [1.165, 1.54) is 11.1 Å². The maximum atomic E-state index is 8.59. The fourth-order valence-corrected chi connectivity index (χ4v) is 1.14. The van der Waals surface area contributed by atoms with Crippen molar-refractivity contribution in [1.82, 2.24) is 0 Å². The maximum absolute atomic E-state index is 8.59. The van der Waals surface area contributed by atoms with Crippen molar-refractivity contribution in [1.29, 1.82) is 0 Å². The third-order valence-electron chi connectivity index (χ3n) is 1.78. The monoisotopic (exact) mass is 240 g/mol. The van der Waals surface area contributed by atoms with Crippen LogP contribution in [0.15, 0.2) is 49.6 Å². The molecule has 0 saturated heterocycles. The summed E-state index contributed by atoms with van der Waals surface area (Å²) in [5.74, 6) is 0. The molecule has 0 amide bonds. The van der Waals surface area contributed by atoms with Crippen molar-refractivity contribution < 1.29 is 13.0 Å². The van der Waals surface area contributed by atoms with Crippen LogP contribution >= 0.6 is 0 Å². The van der Waals surface area contributed by atoms with Gasteiger partial charge in [-0.1, -0.05) is 36.4 Å². The van der Waals surface area contributed by atoms with Crippen LogP contribution < -0.4 is 0 Å². The molecule has 4 heteroatoms. The van der Waals surface area contributed by atoms with Crippen molar-refractivity contribution in [2.24, 2.45) is 0 Å². The van der Waals surface area contributed by atoms with Gasteiger partial charge >= 0.3 is 0 Å². The average Bonchev–Trinajstić information content (AvgIpc) is 2.21. The topological polar surface area (TPSA) is 54.4 Å². The molecule has 0 aromatic heterocycles. The molecule has 0 bridgehead atoms. The van der Waals surface area contributed by atoms with Crippen LogP contribution in [0.25, 0.3) is 0 Å². The third kappa shape index (κ3) is 7.96. The Balaban J connectivity index is 0.000000487. The van der Waals surface area contributed by atoms with Gasteiger partial charge in [-0.3, -0.25) is 4.55 Å². The van der Waals surface area contributed by atoms with Gasteiger partial charge < -0.3 is 0 Å². The first-order valence-electron chi connectivity index (χ1n) is 4.73. The lowest BCUT2D eigenvalue weighted by atomic mass is 10.1. The van der Waals surface area contributed by atoms with Crippen LogP contribution in [0.5, 0.6) is 0 Å². The lowest BCUT2D eigenvalue weighted by molar-refractivity contribution is 0.509. The Hall–Kier alpha value is -1.39. The van der Waals surface area contributed by atoms with E-state index in [2.05, 4.69) is 37.4 Å². The molecule has 0 heterocycles. The first kappa shape index (κ1) is 14.6. The summed E-state index contributed by atoms with van der Waals surface area (Å²) in [7, 11) is -3.12. The van der Waals surface area contributed by atoms with Gasteiger partial charge in [0.25, 0.3) is 11.0 Å². The van der Waals surface area contributed by atoms with Gasteiger partial charge in [-0.25, -0.2) is 8.42 Å². The Labute approximate surface area is 97.9 Å². The molecule has 0 spiro atoms. The normalized spacial score (nSPS) is 9.12. The summed E-state index contributed by atoms with van der Waals surface area (Å²) in [6.45, 7) is 7.40. The Kier molecular flexibility index (Phi) is 8.11. The number of hydrogen-bond acceptors (Lipinski definition) is 2. The quantitative estimate of drug-likeness (QED) is 0.482. The van der Waals surface area contributed by atoms with E-state index >= 15 is 0 Å². The Bertz CT molecular complexity index is 354. The molecule has 0 aliphatic carbocycles. The van der Waals surface area contributed by atoms with Crippen LogP contribution in [-0.2, 0) is 23.8 Å². The minimum absolute atomic E-state index is 0.953. The Morgan fingerprint density at radius 3 is 1.44 bits per heavy atom. The zero-order valence-corrected chi connectivity index (χ0v) is 9.90. The van der Waals surface area contributed by atoms with Gasteiger partial charge in [-0.05, 0) is 24.0 Å². The second-order valence-corrected chi connectivity index (χ2v) is 3.52. The van der Waals surface area contributed by atoms with Crippen molar-refractivity contribution in [2.45, 2.75) is 12.8 Å². The van der Waals surface area contributed by atoms with Crippen LogP contribution in [0.4, 0.5) is 0 Å². The van der Waals surface area contributed by atoms with E-state index in [4.69, 9.17) is 13.0 Å². The van der Waals surface area contributed by atoms with Crippen LogP contribution in [0, 0.1) is 0 Å². The third-order valence-corrected chi connectivity index (χ3v) is 1.78. The average molecular weight is 240 g/mol. The summed E-state index contributed by atoms with van der Waals surface area (Å²) in [6, 6.07) is 8.56. The minimum Gasteiger partial charge on any atom is -0.288 e. The molecule has 1 rings (SSSR count). The lowest BCUT2D eigenvalue weighted by Gasteiger charge is -1.98. The fraction of sp³-hybridized carbons (Fsp3) is 0.167. The van der Waals surface area contributed by atoms with E-state index in [0.29, 0.717) is 0 Å². The number of benzene rings is 1. The van der Waals surface area contributed by atoms with Crippen LogP contribution in [0.1, 0.15) is 11.1 Å². The molecule has 1 aromatic rings. The van der Waals surface area contributed by atoms with Crippen molar-refractivity contribution in [3.05, 3.63) is 60.7 Å². The summed E-state index contributed by atoms with van der Waals surface area (Å²) in [5.41, 5.74) is 2.63. The van der Waals surface area contributed by atoms with Crippen molar-refractivity contribution in [3.8, 4) is 0 Å².